The van der Waals surface area contributed by atoms with E-state index in [2.05, 4.69) is 24.0 Å². The number of aryl methyl sites for hydroxylation is 1. The molecule has 0 aliphatic carbocycles. The molecule has 3 rings (SSSR count). The number of rotatable bonds is 5. The van der Waals surface area contributed by atoms with Gasteiger partial charge in [-0.05, 0) is 35.2 Å². The van der Waals surface area contributed by atoms with Crippen molar-refractivity contribution in [3.63, 3.8) is 0 Å². The fourth-order valence-electron chi connectivity index (χ4n) is 2.51. The molecule has 2 aromatic carbocycles. The minimum absolute atomic E-state index is 0.140. The number of Topliss-reactive ketones (excluding diaryl/α,β-unsaturated/α-hetero) is 1. The van der Waals surface area contributed by atoms with Gasteiger partial charge >= 0.3 is 11.9 Å². The molecule has 0 saturated heterocycles. The first-order valence-corrected chi connectivity index (χ1v) is 7.76. The van der Waals surface area contributed by atoms with Gasteiger partial charge in [-0.2, -0.15) is 9.59 Å². The number of carbonyl (C=O) groups excluding carboxylic acids is 3. The van der Waals surface area contributed by atoms with E-state index in [9.17, 15) is 9.59 Å². The Kier molecular flexibility index (Phi) is 6.20. The molecule has 0 fully saturated rings. The lowest BCUT2D eigenvalue weighted by Crippen LogP contribution is -2.06. The molecule has 6 heteroatoms. The van der Waals surface area contributed by atoms with E-state index < -0.39 is 5.76 Å². The van der Waals surface area contributed by atoms with Crippen LogP contribution in [0.1, 0.15) is 23.6 Å². The van der Waals surface area contributed by atoms with Crippen LogP contribution in [0.15, 0.2) is 51.7 Å². The Bertz CT molecular complexity index is 944. The minimum atomic E-state index is -0.477. The summed E-state index contributed by atoms with van der Waals surface area (Å²) in [5, 5.41) is 0. The number of oxazole rings is 1. The van der Waals surface area contributed by atoms with Gasteiger partial charge in [-0.1, -0.05) is 37.3 Å². The monoisotopic (exact) mass is 339 g/mol. The first-order chi connectivity index (χ1) is 12.0. The van der Waals surface area contributed by atoms with E-state index in [0.717, 1.165) is 17.5 Å². The van der Waals surface area contributed by atoms with Gasteiger partial charge in [0.15, 0.2) is 5.58 Å². The number of hydrogen-bond acceptors (Lipinski definition) is 5. The summed E-state index contributed by atoms with van der Waals surface area (Å²) >= 11 is 0. The Hall–Kier alpha value is -3.24. The minimum Gasteiger partial charge on any atom is -0.408 e. The zero-order valence-electron chi connectivity index (χ0n) is 13.7. The summed E-state index contributed by atoms with van der Waals surface area (Å²) < 4.78 is 5.01. The Morgan fingerprint density at radius 3 is 2.20 bits per heavy atom. The van der Waals surface area contributed by atoms with Crippen LogP contribution in [0.5, 0.6) is 0 Å². The maximum Gasteiger partial charge on any atom is 0.417 e. The third kappa shape index (κ3) is 5.12. The van der Waals surface area contributed by atoms with Gasteiger partial charge in [-0.15, -0.1) is 0 Å². The second-order valence-corrected chi connectivity index (χ2v) is 5.49. The molecular weight excluding hydrogens is 322 g/mol. The van der Waals surface area contributed by atoms with Crippen LogP contribution in [-0.4, -0.2) is 16.9 Å². The van der Waals surface area contributed by atoms with Gasteiger partial charge in [0.1, 0.15) is 5.78 Å². The molecular formula is C19H17NO5. The van der Waals surface area contributed by atoms with Gasteiger partial charge in [0.05, 0.1) is 5.52 Å². The van der Waals surface area contributed by atoms with Gasteiger partial charge < -0.3 is 4.42 Å². The highest BCUT2D eigenvalue weighted by Crippen LogP contribution is 2.14. The maximum atomic E-state index is 12.2. The van der Waals surface area contributed by atoms with E-state index in [1.165, 1.54) is 5.56 Å². The first-order valence-electron chi connectivity index (χ1n) is 7.76. The van der Waals surface area contributed by atoms with Crippen LogP contribution >= 0.6 is 0 Å². The van der Waals surface area contributed by atoms with Gasteiger partial charge in [0.2, 0.25) is 0 Å². The normalized spacial score (nSPS) is 9.96. The zero-order chi connectivity index (χ0) is 18.2. The molecule has 1 heterocycles. The van der Waals surface area contributed by atoms with Crippen LogP contribution in [0.4, 0.5) is 0 Å². The summed E-state index contributed by atoms with van der Waals surface area (Å²) in [5.41, 5.74) is 4.28. The predicted molar refractivity (Wildman–Crippen MR) is 90.1 cm³/mol. The number of benzene rings is 2. The second-order valence-electron chi connectivity index (χ2n) is 5.49. The molecule has 0 saturated carbocycles. The third-order valence-electron chi connectivity index (χ3n) is 3.72. The number of H-pyrrole nitrogens is 1. The Morgan fingerprint density at radius 1 is 1.00 bits per heavy atom. The number of fused-ring (bicyclic) bond motifs is 1. The molecule has 0 aliphatic rings. The van der Waals surface area contributed by atoms with E-state index in [-0.39, 0.29) is 11.9 Å². The fraction of sp³-hybridized carbons (Fsp3) is 0.211. The van der Waals surface area contributed by atoms with Crippen molar-refractivity contribution in [2.45, 2.75) is 26.2 Å². The summed E-state index contributed by atoms with van der Waals surface area (Å²) in [6, 6.07) is 13.5. The van der Waals surface area contributed by atoms with Crippen molar-refractivity contribution in [3.05, 3.63) is 69.7 Å². The van der Waals surface area contributed by atoms with E-state index in [0.29, 0.717) is 23.9 Å². The van der Waals surface area contributed by atoms with Gasteiger partial charge in [0, 0.05) is 12.8 Å². The Balaban J connectivity index is 0.000000701. The molecule has 6 nitrogen and oxygen atoms in total. The predicted octanol–water partition coefficient (Wildman–Crippen LogP) is 2.45. The zero-order valence-corrected chi connectivity index (χ0v) is 13.7. The number of carbonyl (C=O) groups is 1. The van der Waals surface area contributed by atoms with Crippen LogP contribution in [0, 0.1) is 0 Å². The van der Waals surface area contributed by atoms with E-state index in [1.807, 2.05) is 18.2 Å². The molecule has 0 radical (unpaired) electrons. The molecule has 0 bridgehead atoms. The van der Waals surface area contributed by atoms with Crippen LogP contribution in [0.25, 0.3) is 11.1 Å². The van der Waals surface area contributed by atoms with Crippen molar-refractivity contribution in [1.82, 2.24) is 4.98 Å². The number of nitrogens with one attached hydrogen (secondary N) is 1. The lowest BCUT2D eigenvalue weighted by molar-refractivity contribution is -0.191. The summed E-state index contributed by atoms with van der Waals surface area (Å²) in [5.74, 6) is -0.337. The molecule has 0 unspecified atom stereocenters. The highest BCUT2D eigenvalue weighted by Gasteiger charge is 2.08. The molecule has 128 valence electrons. The molecule has 0 aliphatic heterocycles. The molecule has 1 N–H and O–H groups in total. The fourth-order valence-corrected chi connectivity index (χ4v) is 2.51. The highest BCUT2D eigenvalue weighted by atomic mass is 16.4. The summed E-state index contributed by atoms with van der Waals surface area (Å²) in [6.07, 6.45) is 2.00. The Morgan fingerprint density at radius 2 is 1.56 bits per heavy atom. The van der Waals surface area contributed by atoms with Crippen LogP contribution in [0.2, 0.25) is 0 Å². The summed E-state index contributed by atoms with van der Waals surface area (Å²) in [7, 11) is 0. The van der Waals surface area contributed by atoms with E-state index in [4.69, 9.17) is 14.0 Å². The lowest BCUT2D eigenvalue weighted by Gasteiger charge is -2.03. The van der Waals surface area contributed by atoms with Crippen molar-refractivity contribution >= 4 is 23.0 Å². The van der Waals surface area contributed by atoms with Crippen LogP contribution in [0.3, 0.4) is 0 Å². The SMILES string of the molecule is CCc1ccc(CC(=O)Cc2ccc3[nH]c(=O)oc3c2)cc1.O=C=O. The molecule has 0 atom stereocenters. The van der Waals surface area contributed by atoms with Crippen molar-refractivity contribution in [1.29, 1.82) is 0 Å². The second kappa shape index (κ2) is 8.57. The molecule has 1 aromatic heterocycles. The molecule has 0 amide bonds. The van der Waals surface area contributed by atoms with Gasteiger partial charge in [0.25, 0.3) is 0 Å². The Labute approximate surface area is 143 Å². The molecule has 25 heavy (non-hydrogen) atoms. The molecule has 0 spiro atoms. The van der Waals surface area contributed by atoms with Crippen LogP contribution in [-0.2, 0) is 33.6 Å². The van der Waals surface area contributed by atoms with E-state index in [1.54, 1.807) is 12.1 Å². The number of ketones is 1. The summed E-state index contributed by atoms with van der Waals surface area (Å²) in [6.45, 7) is 2.11. The number of aromatic nitrogens is 1. The average molecular weight is 339 g/mol. The van der Waals surface area contributed by atoms with Crippen molar-refractivity contribution in [2.24, 2.45) is 0 Å². The highest BCUT2D eigenvalue weighted by molar-refractivity contribution is 5.84. The average Bonchev–Trinajstić information content (AvgIpc) is 2.95. The number of hydrogen-bond donors (Lipinski definition) is 1. The standard InChI is InChI=1S/C18H17NO3.CO2/c1-2-12-3-5-13(6-4-12)9-15(20)10-14-7-8-16-17(11-14)22-18(21)19-16;2-1-3/h3-8,11H,2,9-10H2,1H3,(H,19,21);. The lowest BCUT2D eigenvalue weighted by atomic mass is 10.0. The molecule has 3 aromatic rings. The quantitative estimate of drug-likeness (QED) is 0.770. The maximum absolute atomic E-state index is 12.2. The van der Waals surface area contributed by atoms with E-state index >= 15 is 0 Å². The topological polar surface area (TPSA) is 97.2 Å². The largest absolute Gasteiger partial charge is 0.417 e. The van der Waals surface area contributed by atoms with Crippen molar-refractivity contribution in [3.8, 4) is 0 Å². The summed E-state index contributed by atoms with van der Waals surface area (Å²) in [4.78, 5) is 42.1. The van der Waals surface area contributed by atoms with Crippen LogP contribution < -0.4 is 5.76 Å². The first kappa shape index (κ1) is 18.1. The van der Waals surface area contributed by atoms with Gasteiger partial charge in [-0.25, -0.2) is 4.79 Å². The number of aromatic amines is 1. The van der Waals surface area contributed by atoms with Gasteiger partial charge in [-0.3, -0.25) is 9.78 Å². The smallest absolute Gasteiger partial charge is 0.408 e. The third-order valence-corrected chi connectivity index (χ3v) is 3.72. The van der Waals surface area contributed by atoms with Crippen molar-refractivity contribution in [2.75, 3.05) is 0 Å². The van der Waals surface area contributed by atoms with Crippen molar-refractivity contribution < 1.29 is 18.8 Å².